The second-order valence-electron chi connectivity index (χ2n) is 4.62. The van der Waals surface area contributed by atoms with E-state index < -0.39 is 11.9 Å². The highest BCUT2D eigenvalue weighted by Gasteiger charge is 2.20. The Labute approximate surface area is 120 Å². The van der Waals surface area contributed by atoms with Gasteiger partial charge < -0.3 is 10.0 Å². The monoisotopic (exact) mass is 292 g/mol. The first kappa shape index (κ1) is 14.5. The highest BCUT2D eigenvalue weighted by atomic mass is 32.1. The van der Waals surface area contributed by atoms with E-state index in [9.17, 15) is 9.59 Å². The van der Waals surface area contributed by atoms with Crippen LogP contribution in [0.15, 0.2) is 23.7 Å². The molecule has 106 valence electrons. The minimum atomic E-state index is -0.894. The van der Waals surface area contributed by atoms with Gasteiger partial charge in [0.1, 0.15) is 0 Å². The molecule has 0 saturated heterocycles. The van der Waals surface area contributed by atoms with E-state index in [4.69, 9.17) is 5.11 Å². The van der Waals surface area contributed by atoms with Crippen LogP contribution in [-0.4, -0.2) is 40.0 Å². The Bertz CT molecular complexity index is 638. The second kappa shape index (κ2) is 6.00. The lowest BCUT2D eigenvalue weighted by Gasteiger charge is -2.23. The summed E-state index contributed by atoms with van der Waals surface area (Å²) >= 11 is 1.48. The Balaban J connectivity index is 2.20. The van der Waals surface area contributed by atoms with Crippen LogP contribution in [0.25, 0.3) is 10.2 Å². The number of carbonyl (C=O) groups is 2. The van der Waals surface area contributed by atoms with Crippen LogP contribution in [0.4, 0.5) is 0 Å². The van der Waals surface area contributed by atoms with E-state index in [1.807, 2.05) is 19.1 Å². The van der Waals surface area contributed by atoms with Gasteiger partial charge in [-0.1, -0.05) is 6.92 Å². The van der Waals surface area contributed by atoms with Gasteiger partial charge in [0.25, 0.3) is 5.91 Å². The van der Waals surface area contributed by atoms with Gasteiger partial charge in [0.2, 0.25) is 0 Å². The number of carboxylic acid groups (broad SMARTS) is 1. The first-order chi connectivity index (χ1) is 9.52. The maximum Gasteiger partial charge on any atom is 0.308 e. The largest absolute Gasteiger partial charge is 0.481 e. The van der Waals surface area contributed by atoms with Crippen LogP contribution in [0.2, 0.25) is 0 Å². The van der Waals surface area contributed by atoms with Gasteiger partial charge in [0.15, 0.2) is 0 Å². The van der Waals surface area contributed by atoms with E-state index in [-0.39, 0.29) is 12.5 Å². The third-order valence-electron chi connectivity index (χ3n) is 3.16. The summed E-state index contributed by atoms with van der Waals surface area (Å²) in [6.45, 7) is 4.14. The number of hydrogen-bond donors (Lipinski definition) is 1. The molecule has 1 aromatic heterocycles. The summed E-state index contributed by atoms with van der Waals surface area (Å²) in [5.74, 6) is -1.61. The zero-order chi connectivity index (χ0) is 14.7. The first-order valence-electron chi connectivity index (χ1n) is 6.38. The molecule has 20 heavy (non-hydrogen) atoms. The number of thiazole rings is 1. The summed E-state index contributed by atoms with van der Waals surface area (Å²) in [4.78, 5) is 29.1. The summed E-state index contributed by atoms with van der Waals surface area (Å²) in [6, 6.07) is 5.36. The van der Waals surface area contributed by atoms with Gasteiger partial charge in [-0.05, 0) is 25.1 Å². The molecule has 2 rings (SSSR count). The van der Waals surface area contributed by atoms with Gasteiger partial charge in [-0.3, -0.25) is 9.59 Å². The number of amides is 1. The summed E-state index contributed by atoms with van der Waals surface area (Å²) in [7, 11) is 0. The zero-order valence-corrected chi connectivity index (χ0v) is 12.2. The van der Waals surface area contributed by atoms with Crippen LogP contribution in [0.3, 0.4) is 0 Å². The summed E-state index contributed by atoms with van der Waals surface area (Å²) < 4.78 is 0.957. The van der Waals surface area contributed by atoms with Crippen molar-refractivity contribution < 1.29 is 14.7 Å². The zero-order valence-electron chi connectivity index (χ0n) is 11.4. The summed E-state index contributed by atoms with van der Waals surface area (Å²) in [6.07, 6.45) is 0. The van der Waals surface area contributed by atoms with E-state index >= 15 is 0 Å². The smallest absolute Gasteiger partial charge is 0.308 e. The van der Waals surface area contributed by atoms with Crippen molar-refractivity contribution >= 4 is 33.4 Å². The molecule has 0 bridgehead atoms. The van der Waals surface area contributed by atoms with E-state index in [0.29, 0.717) is 12.1 Å². The van der Waals surface area contributed by atoms with Gasteiger partial charge >= 0.3 is 5.97 Å². The average molecular weight is 292 g/mol. The number of benzene rings is 1. The number of hydrogen-bond acceptors (Lipinski definition) is 4. The molecule has 1 N–H and O–H groups in total. The molecular formula is C14H16N2O3S. The Morgan fingerprint density at radius 3 is 2.85 bits per heavy atom. The van der Waals surface area contributed by atoms with Gasteiger partial charge in [-0.25, -0.2) is 4.98 Å². The van der Waals surface area contributed by atoms with Gasteiger partial charge in [-0.15, -0.1) is 11.3 Å². The highest BCUT2D eigenvalue weighted by Crippen LogP contribution is 2.20. The molecule has 0 aliphatic carbocycles. The second-order valence-corrected chi connectivity index (χ2v) is 5.50. The lowest BCUT2D eigenvalue weighted by molar-refractivity contribution is -0.141. The molecule has 0 spiro atoms. The van der Waals surface area contributed by atoms with Crippen molar-refractivity contribution in [3.8, 4) is 0 Å². The van der Waals surface area contributed by atoms with Crippen LogP contribution < -0.4 is 0 Å². The van der Waals surface area contributed by atoms with Crippen molar-refractivity contribution in [2.24, 2.45) is 5.92 Å². The molecule has 1 unspecified atom stereocenters. The molecule has 1 aromatic carbocycles. The van der Waals surface area contributed by atoms with E-state index in [2.05, 4.69) is 4.98 Å². The van der Waals surface area contributed by atoms with Crippen molar-refractivity contribution in [2.75, 3.05) is 13.1 Å². The van der Waals surface area contributed by atoms with Crippen molar-refractivity contribution in [1.29, 1.82) is 0 Å². The Kier molecular flexibility index (Phi) is 4.34. The average Bonchev–Trinajstić information content (AvgIpc) is 2.90. The van der Waals surface area contributed by atoms with E-state index in [0.717, 1.165) is 10.2 Å². The maximum atomic E-state index is 12.4. The lowest BCUT2D eigenvalue weighted by atomic mass is 10.1. The van der Waals surface area contributed by atoms with Crippen LogP contribution in [-0.2, 0) is 4.79 Å². The minimum Gasteiger partial charge on any atom is -0.481 e. The molecule has 0 radical (unpaired) electrons. The fourth-order valence-electron chi connectivity index (χ4n) is 1.93. The Hall–Kier alpha value is -1.95. The summed E-state index contributed by atoms with van der Waals surface area (Å²) in [5, 5.41) is 8.95. The van der Waals surface area contributed by atoms with E-state index in [1.54, 1.807) is 23.4 Å². The molecule has 0 aliphatic heterocycles. The van der Waals surface area contributed by atoms with Crippen LogP contribution >= 0.6 is 11.3 Å². The predicted octanol–water partition coefficient (Wildman–Crippen LogP) is 2.48. The topological polar surface area (TPSA) is 70.5 Å². The number of carbonyl (C=O) groups excluding carboxylic acids is 1. The first-order valence-corrected chi connectivity index (χ1v) is 7.26. The molecular weight excluding hydrogens is 276 g/mol. The number of aliphatic carboxylic acids is 1. The van der Waals surface area contributed by atoms with Crippen molar-refractivity contribution in [1.82, 2.24) is 9.88 Å². The summed E-state index contributed by atoms with van der Waals surface area (Å²) in [5.41, 5.74) is 3.18. The fourth-order valence-corrected chi connectivity index (χ4v) is 2.65. The molecule has 1 atom stereocenters. The molecule has 2 aromatic rings. The standard InChI is InChI=1S/C14H16N2O3S/c1-3-16(7-9(2)14(18)19)13(17)10-4-5-11-12(6-10)20-8-15-11/h4-6,8-9H,3,7H2,1-2H3,(H,18,19). The minimum absolute atomic E-state index is 0.143. The Morgan fingerprint density at radius 2 is 2.20 bits per heavy atom. The molecule has 0 aliphatic rings. The van der Waals surface area contributed by atoms with Crippen LogP contribution in [0, 0.1) is 5.92 Å². The SMILES string of the molecule is CCN(CC(C)C(=O)O)C(=O)c1ccc2ncsc2c1. The quantitative estimate of drug-likeness (QED) is 0.919. The van der Waals surface area contributed by atoms with Crippen LogP contribution in [0.1, 0.15) is 24.2 Å². The fraction of sp³-hybridized carbons (Fsp3) is 0.357. The van der Waals surface area contributed by atoms with Crippen molar-refractivity contribution in [2.45, 2.75) is 13.8 Å². The molecule has 6 heteroatoms. The number of fused-ring (bicyclic) bond motifs is 1. The number of nitrogens with zero attached hydrogens (tertiary/aromatic N) is 2. The van der Waals surface area contributed by atoms with Crippen molar-refractivity contribution in [3.05, 3.63) is 29.3 Å². The molecule has 5 nitrogen and oxygen atoms in total. The van der Waals surface area contributed by atoms with Gasteiger partial charge in [0.05, 0.1) is 21.6 Å². The predicted molar refractivity (Wildman–Crippen MR) is 78.0 cm³/mol. The number of aromatic nitrogens is 1. The molecule has 1 heterocycles. The van der Waals surface area contributed by atoms with Crippen LogP contribution in [0.5, 0.6) is 0 Å². The van der Waals surface area contributed by atoms with E-state index in [1.165, 1.54) is 11.3 Å². The number of carboxylic acids is 1. The van der Waals surface area contributed by atoms with Gasteiger partial charge in [0, 0.05) is 18.7 Å². The lowest BCUT2D eigenvalue weighted by Crippen LogP contribution is -2.36. The molecule has 0 fully saturated rings. The number of rotatable bonds is 5. The van der Waals surface area contributed by atoms with Crippen molar-refractivity contribution in [3.63, 3.8) is 0 Å². The highest BCUT2D eigenvalue weighted by molar-refractivity contribution is 7.16. The Morgan fingerprint density at radius 1 is 1.45 bits per heavy atom. The molecule has 1 amide bonds. The van der Waals surface area contributed by atoms with Gasteiger partial charge in [-0.2, -0.15) is 0 Å². The third kappa shape index (κ3) is 2.96. The third-order valence-corrected chi connectivity index (χ3v) is 3.95. The maximum absolute atomic E-state index is 12.4. The molecule has 0 saturated carbocycles. The normalized spacial score (nSPS) is 12.3.